The van der Waals surface area contributed by atoms with Crippen LogP contribution < -0.4 is 5.32 Å². The summed E-state index contributed by atoms with van der Waals surface area (Å²) in [5, 5.41) is 2.74. The minimum Gasteiger partial charge on any atom is -0.452 e. The highest BCUT2D eigenvalue weighted by molar-refractivity contribution is 7.89. The van der Waals surface area contributed by atoms with Gasteiger partial charge in [-0.3, -0.25) is 4.79 Å². The van der Waals surface area contributed by atoms with Gasteiger partial charge >= 0.3 is 5.97 Å². The number of piperidine rings is 1. The predicted octanol–water partition coefficient (Wildman–Crippen LogP) is 4.14. The van der Waals surface area contributed by atoms with Crippen LogP contribution >= 0.6 is 0 Å². The molecule has 1 aliphatic heterocycles. The lowest BCUT2D eigenvalue weighted by atomic mass is 10.0. The predicted molar refractivity (Wildman–Crippen MR) is 128 cm³/mol. The highest BCUT2D eigenvalue weighted by Crippen LogP contribution is 2.28. The Kier molecular flexibility index (Phi) is 7.59. The molecule has 3 rings (SSSR count). The summed E-state index contributed by atoms with van der Waals surface area (Å²) in [7, 11) is -3.73. The number of nitrogens with zero attached hydrogens (tertiary/aromatic N) is 1. The number of aryl methyl sites for hydroxylation is 2. The Balaban J connectivity index is 1.74. The molecule has 1 fully saturated rings. The second-order valence-corrected chi connectivity index (χ2v) is 10.8. The van der Waals surface area contributed by atoms with Gasteiger partial charge in [-0.05, 0) is 86.9 Å². The van der Waals surface area contributed by atoms with Crippen LogP contribution in [0.15, 0.2) is 35.2 Å². The van der Waals surface area contributed by atoms with Crippen LogP contribution in [0.25, 0.3) is 0 Å². The van der Waals surface area contributed by atoms with Crippen LogP contribution in [0, 0.1) is 33.6 Å². The molecule has 0 bridgehead atoms. The quantitative estimate of drug-likeness (QED) is 0.638. The van der Waals surface area contributed by atoms with E-state index in [1.807, 2.05) is 26.0 Å². The first-order chi connectivity index (χ1) is 15.5. The van der Waals surface area contributed by atoms with Crippen molar-refractivity contribution in [3.05, 3.63) is 58.1 Å². The molecule has 7 nitrogen and oxygen atoms in total. The summed E-state index contributed by atoms with van der Waals surface area (Å²) in [6.45, 7) is 9.93. The average Bonchev–Trinajstić information content (AvgIpc) is 2.77. The number of benzene rings is 2. The number of nitrogens with one attached hydrogen (secondary N) is 1. The Hall–Kier alpha value is -2.71. The lowest BCUT2D eigenvalue weighted by Gasteiger charge is -2.30. The fourth-order valence-electron chi connectivity index (χ4n) is 3.86. The summed E-state index contributed by atoms with van der Waals surface area (Å²) in [5.74, 6) is -0.704. The van der Waals surface area contributed by atoms with Crippen molar-refractivity contribution >= 4 is 27.6 Å². The van der Waals surface area contributed by atoms with Crippen LogP contribution in [0.1, 0.15) is 52.4 Å². The van der Waals surface area contributed by atoms with E-state index in [0.717, 1.165) is 24.0 Å². The number of ether oxygens (including phenoxy) is 1. The summed E-state index contributed by atoms with van der Waals surface area (Å²) in [4.78, 5) is 25.1. The molecule has 33 heavy (non-hydrogen) atoms. The molecule has 0 aromatic heterocycles. The maximum Gasteiger partial charge on any atom is 0.338 e. The summed E-state index contributed by atoms with van der Waals surface area (Å²) in [6.07, 6.45) is 1.63. The fourth-order valence-corrected chi connectivity index (χ4v) is 5.66. The number of sulfonamides is 1. The van der Waals surface area contributed by atoms with Crippen LogP contribution in [0.4, 0.5) is 5.69 Å². The molecule has 1 heterocycles. The zero-order valence-electron chi connectivity index (χ0n) is 19.9. The Morgan fingerprint density at radius 3 is 2.36 bits per heavy atom. The van der Waals surface area contributed by atoms with Crippen molar-refractivity contribution in [3.63, 3.8) is 0 Å². The summed E-state index contributed by atoms with van der Waals surface area (Å²) < 4.78 is 33.2. The van der Waals surface area contributed by atoms with Crippen molar-refractivity contribution < 1.29 is 22.7 Å². The van der Waals surface area contributed by atoms with E-state index in [1.165, 1.54) is 10.4 Å². The van der Waals surface area contributed by atoms with Gasteiger partial charge in [-0.25, -0.2) is 13.2 Å². The molecule has 178 valence electrons. The SMILES string of the molecule is Cc1cccc(NC(=O)COC(=O)c2cc(C)c(C)c(S(=O)(=O)N3CCC(C)CC3)c2)c1C. The number of amides is 1. The second-order valence-electron chi connectivity index (χ2n) is 8.87. The molecule has 2 aromatic carbocycles. The van der Waals surface area contributed by atoms with E-state index in [0.29, 0.717) is 35.8 Å². The molecule has 0 atom stereocenters. The van der Waals surface area contributed by atoms with Gasteiger partial charge in [0.1, 0.15) is 0 Å². The maximum atomic E-state index is 13.3. The van der Waals surface area contributed by atoms with E-state index >= 15 is 0 Å². The lowest BCUT2D eigenvalue weighted by Crippen LogP contribution is -2.38. The minimum absolute atomic E-state index is 0.113. The third-order valence-electron chi connectivity index (χ3n) is 6.43. The smallest absolute Gasteiger partial charge is 0.338 e. The van der Waals surface area contributed by atoms with E-state index in [9.17, 15) is 18.0 Å². The van der Waals surface area contributed by atoms with E-state index in [4.69, 9.17) is 4.74 Å². The molecule has 1 N–H and O–H groups in total. The molecule has 0 saturated carbocycles. The van der Waals surface area contributed by atoms with Crippen molar-refractivity contribution in [2.75, 3.05) is 25.0 Å². The molecule has 0 unspecified atom stereocenters. The van der Waals surface area contributed by atoms with Crippen LogP contribution in [0.5, 0.6) is 0 Å². The molecule has 1 amide bonds. The Morgan fingerprint density at radius 1 is 1.03 bits per heavy atom. The molecule has 2 aromatic rings. The fraction of sp³-hybridized carbons (Fsp3) is 0.440. The van der Waals surface area contributed by atoms with E-state index in [2.05, 4.69) is 12.2 Å². The Bertz CT molecular complexity index is 1170. The number of carbonyl (C=O) groups is 2. The number of esters is 1. The number of hydrogen-bond acceptors (Lipinski definition) is 5. The highest BCUT2D eigenvalue weighted by atomic mass is 32.2. The van der Waals surface area contributed by atoms with Gasteiger partial charge in [-0.15, -0.1) is 0 Å². The molecular formula is C25H32N2O5S. The van der Waals surface area contributed by atoms with Gasteiger partial charge in [-0.1, -0.05) is 19.1 Å². The molecular weight excluding hydrogens is 440 g/mol. The number of anilines is 1. The largest absolute Gasteiger partial charge is 0.452 e. The zero-order valence-corrected chi connectivity index (χ0v) is 20.7. The van der Waals surface area contributed by atoms with Gasteiger partial charge in [0.2, 0.25) is 10.0 Å². The first kappa shape index (κ1) is 24.9. The van der Waals surface area contributed by atoms with Crippen molar-refractivity contribution in [1.29, 1.82) is 0 Å². The third kappa shape index (κ3) is 5.62. The molecule has 1 aliphatic rings. The molecule has 8 heteroatoms. The first-order valence-corrected chi connectivity index (χ1v) is 12.6. The average molecular weight is 473 g/mol. The Morgan fingerprint density at radius 2 is 1.70 bits per heavy atom. The zero-order chi connectivity index (χ0) is 24.3. The van der Waals surface area contributed by atoms with Crippen molar-refractivity contribution in [3.8, 4) is 0 Å². The summed E-state index contributed by atoms with van der Waals surface area (Å²) in [6, 6.07) is 8.52. The van der Waals surface area contributed by atoms with Crippen molar-refractivity contribution in [2.45, 2.75) is 52.4 Å². The summed E-state index contributed by atoms with van der Waals surface area (Å²) >= 11 is 0. The molecule has 1 saturated heterocycles. The second kappa shape index (κ2) is 10.1. The van der Waals surface area contributed by atoms with Gasteiger partial charge < -0.3 is 10.1 Å². The van der Waals surface area contributed by atoms with Crippen molar-refractivity contribution in [2.24, 2.45) is 5.92 Å². The van der Waals surface area contributed by atoms with Gasteiger partial charge in [0.05, 0.1) is 10.5 Å². The monoisotopic (exact) mass is 472 g/mol. The maximum absolute atomic E-state index is 13.3. The van der Waals surface area contributed by atoms with Gasteiger partial charge in [-0.2, -0.15) is 4.31 Å². The van der Waals surface area contributed by atoms with E-state index in [-0.39, 0.29) is 10.5 Å². The van der Waals surface area contributed by atoms with E-state index in [1.54, 1.807) is 26.0 Å². The number of rotatable bonds is 6. The van der Waals surface area contributed by atoms with Crippen LogP contribution in [0.2, 0.25) is 0 Å². The Labute approximate surface area is 196 Å². The van der Waals surface area contributed by atoms with Gasteiger partial charge in [0.15, 0.2) is 6.61 Å². The van der Waals surface area contributed by atoms with Crippen LogP contribution in [-0.2, 0) is 19.6 Å². The van der Waals surface area contributed by atoms with Gasteiger partial charge in [0, 0.05) is 18.8 Å². The lowest BCUT2D eigenvalue weighted by molar-refractivity contribution is -0.119. The first-order valence-electron chi connectivity index (χ1n) is 11.1. The van der Waals surface area contributed by atoms with Gasteiger partial charge in [0.25, 0.3) is 5.91 Å². The van der Waals surface area contributed by atoms with Crippen LogP contribution in [0.3, 0.4) is 0 Å². The van der Waals surface area contributed by atoms with Crippen molar-refractivity contribution in [1.82, 2.24) is 4.31 Å². The summed E-state index contributed by atoms with van der Waals surface area (Å²) in [5.41, 5.74) is 4.03. The van der Waals surface area contributed by atoms with Crippen LogP contribution in [-0.4, -0.2) is 44.3 Å². The molecule has 0 radical (unpaired) electrons. The number of hydrogen-bond donors (Lipinski definition) is 1. The standard InChI is InChI=1S/C25H32N2O5S/c1-16-9-11-27(12-10-16)33(30,31)23-14-21(13-18(3)20(23)5)25(29)32-15-24(28)26-22-8-6-7-17(2)19(22)4/h6-8,13-14,16H,9-12,15H2,1-5H3,(H,26,28). The molecule has 0 spiro atoms. The number of carbonyl (C=O) groups excluding carboxylic acids is 2. The molecule has 0 aliphatic carbocycles. The highest BCUT2D eigenvalue weighted by Gasteiger charge is 2.30. The van der Waals surface area contributed by atoms with E-state index < -0.39 is 28.5 Å². The normalized spacial score (nSPS) is 15.3. The third-order valence-corrected chi connectivity index (χ3v) is 8.45. The topological polar surface area (TPSA) is 92.8 Å². The minimum atomic E-state index is -3.73.